The molecule has 1 aliphatic rings. The molecular weight excluding hydrogens is 1170 g/mol. The summed E-state index contributed by atoms with van der Waals surface area (Å²) in [5.41, 5.74) is 17.2. The number of cyclic esters (lactones) is 1. The summed E-state index contributed by atoms with van der Waals surface area (Å²) in [5.74, 6) is -12.7. The Morgan fingerprint density at radius 1 is 0.622 bits per heavy atom. The van der Waals surface area contributed by atoms with Crippen LogP contribution < -0.4 is 75.7 Å². The molecule has 1 heterocycles. The summed E-state index contributed by atoms with van der Waals surface area (Å²) >= 11 is 0. The van der Waals surface area contributed by atoms with Gasteiger partial charge in [-0.3, -0.25) is 57.7 Å². The molecule has 16 atom stereocenters. The minimum Gasteiger partial charge on any atom is -0.458 e. The van der Waals surface area contributed by atoms with Crippen LogP contribution in [0.2, 0.25) is 0 Å². The van der Waals surface area contributed by atoms with Crippen molar-refractivity contribution in [3.05, 3.63) is 35.9 Å². The molecule has 0 unspecified atom stereocenters. The average Bonchev–Trinajstić information content (AvgIpc) is 3.46. The van der Waals surface area contributed by atoms with Gasteiger partial charge < -0.3 is 90.6 Å². The molecule has 1 fully saturated rings. The van der Waals surface area contributed by atoms with Crippen LogP contribution in [0.3, 0.4) is 0 Å². The van der Waals surface area contributed by atoms with Gasteiger partial charge >= 0.3 is 5.97 Å². The Labute approximate surface area is 527 Å². The third kappa shape index (κ3) is 26.2. The molecule has 0 bridgehead atoms. The highest BCUT2D eigenvalue weighted by molar-refractivity contribution is 5.98. The third-order valence-electron chi connectivity index (χ3n) is 16.1. The van der Waals surface area contributed by atoms with Crippen molar-refractivity contribution in [2.45, 2.75) is 212 Å². The third-order valence-corrected chi connectivity index (χ3v) is 16.1. The lowest BCUT2D eigenvalue weighted by atomic mass is 9.94. The number of nitrogens with two attached hydrogens (primary N) is 3. The number of hydrogen-bond acceptors (Lipinski definition) is 17. The van der Waals surface area contributed by atoms with Crippen LogP contribution in [0.15, 0.2) is 35.3 Å². The molecule has 0 saturated carbocycles. The molecule has 0 aliphatic carbocycles. The van der Waals surface area contributed by atoms with Gasteiger partial charge in [0.15, 0.2) is 5.96 Å². The standard InChI is InChI=1S/C60H101N15O15/c1-12-31(5)46(73-52(82)40(64-11)27-37-20-17-16-18-21-37)55(85)69-41(29-76)53(83)68-39(23-24-43(61)78)51(81)72-48(33(7)14-3)57(87)74-47(32(6)13-2)56(86)70-42(30-77)54(84)75-50-36(10)90-59(89)49(34(8)15-4)71-45(80)28-38(22-19-25-65-60(62)63)67-44(79)26-35(9)66-58(50)88/h16-18,20-21,31-36,38-42,46-50,64,76-77H,12-15,19,22-30H2,1-11H3,(H2,61,78)(H,66,88)(H,67,79)(H,68,83)(H,69,85)(H,70,86)(H,71,80)(H,72,81)(H,73,82)(H,74,87)(H,75,84)(H4,62,63,65)/t31-,32-,33-,34-,35-,36-,38-,39+,40+,41-,42-,46-,47-,48+,49-,50+/m0/s1. The Hall–Kier alpha value is -7.99. The van der Waals surface area contributed by atoms with Gasteiger partial charge in [-0.1, -0.05) is 111 Å². The van der Waals surface area contributed by atoms with E-state index in [1.165, 1.54) is 13.8 Å². The van der Waals surface area contributed by atoms with E-state index in [0.29, 0.717) is 25.7 Å². The fourth-order valence-corrected chi connectivity index (χ4v) is 9.59. The normalized spacial score (nSPS) is 21.1. The number of guanidine groups is 1. The first-order valence-corrected chi connectivity index (χ1v) is 31.0. The van der Waals surface area contributed by atoms with Gasteiger partial charge in [-0.15, -0.1) is 0 Å². The van der Waals surface area contributed by atoms with E-state index in [0.717, 1.165) is 5.56 Å². The van der Waals surface area contributed by atoms with E-state index >= 15 is 0 Å². The lowest BCUT2D eigenvalue weighted by Gasteiger charge is -2.31. The van der Waals surface area contributed by atoms with Gasteiger partial charge in [-0.2, -0.15) is 0 Å². The second-order valence-electron chi connectivity index (χ2n) is 23.3. The topological polar surface area (TPSA) is 477 Å². The summed E-state index contributed by atoms with van der Waals surface area (Å²) in [6, 6.07) is -5.31. The number of hydrogen-bond donors (Lipinski definition) is 16. The van der Waals surface area contributed by atoms with Gasteiger partial charge in [0.1, 0.15) is 54.4 Å². The van der Waals surface area contributed by atoms with Crippen molar-refractivity contribution in [3.8, 4) is 0 Å². The second-order valence-corrected chi connectivity index (χ2v) is 23.3. The maximum absolute atomic E-state index is 14.4. The van der Waals surface area contributed by atoms with E-state index in [1.54, 1.807) is 62.4 Å². The molecule has 506 valence electrons. The van der Waals surface area contributed by atoms with Crippen molar-refractivity contribution in [1.82, 2.24) is 58.5 Å². The number of amides is 11. The van der Waals surface area contributed by atoms with Crippen LogP contribution in [0.1, 0.15) is 139 Å². The number of benzene rings is 1. The summed E-state index contributed by atoms with van der Waals surface area (Å²) in [5, 5.41) is 49.9. The first-order valence-electron chi connectivity index (χ1n) is 31.0. The summed E-state index contributed by atoms with van der Waals surface area (Å²) in [6.45, 7) is 14.6. The van der Waals surface area contributed by atoms with Crippen LogP contribution in [-0.2, 0) is 68.7 Å². The molecule has 11 amide bonds. The lowest BCUT2D eigenvalue weighted by molar-refractivity contribution is -0.157. The summed E-state index contributed by atoms with van der Waals surface area (Å²) in [4.78, 5) is 169. The first kappa shape index (κ1) is 78.1. The van der Waals surface area contributed by atoms with Crippen LogP contribution in [0.5, 0.6) is 0 Å². The maximum Gasteiger partial charge on any atom is 0.329 e. The first-order chi connectivity index (χ1) is 42.5. The highest BCUT2D eigenvalue weighted by Gasteiger charge is 2.40. The van der Waals surface area contributed by atoms with Crippen LogP contribution in [0, 0.1) is 23.7 Å². The molecule has 30 nitrogen and oxygen atoms in total. The smallest absolute Gasteiger partial charge is 0.329 e. The monoisotopic (exact) mass is 1270 g/mol. The van der Waals surface area contributed by atoms with Crippen molar-refractivity contribution in [2.24, 2.45) is 45.9 Å². The molecule has 90 heavy (non-hydrogen) atoms. The number of nitrogens with zero attached hydrogens (tertiary/aromatic N) is 1. The van der Waals surface area contributed by atoms with Gasteiger partial charge in [0.2, 0.25) is 65.0 Å². The molecule has 0 radical (unpaired) electrons. The Kier molecular flexibility index (Phi) is 34.6. The van der Waals surface area contributed by atoms with E-state index in [1.807, 2.05) is 30.3 Å². The Morgan fingerprint density at radius 2 is 1.10 bits per heavy atom. The Balaban J connectivity index is 2.41. The molecule has 1 aliphatic heterocycles. The number of primary amides is 1. The van der Waals surface area contributed by atoms with Crippen molar-refractivity contribution >= 4 is 76.9 Å². The maximum atomic E-state index is 14.4. The number of likely N-dealkylation sites (N-methyl/N-ethyl adjacent to an activating group) is 1. The van der Waals surface area contributed by atoms with Crippen molar-refractivity contribution in [3.63, 3.8) is 0 Å². The molecule has 0 spiro atoms. The molecular formula is C60H101N15O15. The van der Waals surface area contributed by atoms with Gasteiger partial charge in [0.25, 0.3) is 0 Å². The SMILES string of the molecule is CC[C@H](C)[C@H](NC(=O)[C@@H](Cc1ccccc1)NC)C(=O)N[C@@H](CO)C(=O)N[C@H](CCC(N)=O)C(=O)N[C@@H](C(=O)N[C@H](C(=O)N[C@@H](CO)C(=O)N[C@H]1C(=O)N[C@@H](C)CC(=O)N[C@@H](CCCN=C(N)N)CC(=O)N[C@@H]([C@@H](C)CC)C(=O)O[C@H]1C)[C@@H](C)CC)[C@@H](C)CC. The minimum absolute atomic E-state index is 0.134. The van der Waals surface area contributed by atoms with Gasteiger partial charge in [0, 0.05) is 37.9 Å². The fourth-order valence-electron chi connectivity index (χ4n) is 9.59. The number of aliphatic hydroxyl groups excluding tert-OH is 2. The number of carbonyl (C=O) groups excluding carboxylic acids is 12. The van der Waals surface area contributed by atoms with Crippen molar-refractivity contribution in [1.29, 1.82) is 0 Å². The molecule has 30 heteroatoms. The highest BCUT2D eigenvalue weighted by atomic mass is 16.5. The number of ether oxygens (including phenoxy) is 1. The quantitative estimate of drug-likeness (QED) is 0.0141. The molecule has 1 aromatic carbocycles. The molecule has 1 aromatic rings. The highest BCUT2D eigenvalue weighted by Crippen LogP contribution is 2.18. The van der Waals surface area contributed by atoms with Gasteiger partial charge in [-0.05, 0) is 75.8 Å². The van der Waals surface area contributed by atoms with E-state index < -0.39 is 193 Å². The van der Waals surface area contributed by atoms with Gasteiger partial charge in [0.05, 0.1) is 19.3 Å². The van der Waals surface area contributed by atoms with Crippen LogP contribution in [-0.4, -0.2) is 186 Å². The average molecular weight is 1270 g/mol. The fraction of sp³-hybridized carbons (Fsp3) is 0.683. The molecule has 1 saturated heterocycles. The zero-order valence-corrected chi connectivity index (χ0v) is 53.9. The van der Waals surface area contributed by atoms with Crippen LogP contribution in [0.4, 0.5) is 0 Å². The second kappa shape index (κ2) is 39.9. The number of carbonyl (C=O) groups is 12. The van der Waals surface area contributed by atoms with Crippen molar-refractivity contribution < 1.29 is 72.5 Å². The number of nitrogens with one attached hydrogen (secondary N) is 11. The number of esters is 1. The van der Waals surface area contributed by atoms with E-state index in [2.05, 4.69) is 63.5 Å². The lowest BCUT2D eigenvalue weighted by Crippen LogP contribution is -2.63. The van der Waals surface area contributed by atoms with Crippen LogP contribution >= 0.6 is 0 Å². The minimum atomic E-state index is -1.81. The van der Waals surface area contributed by atoms with Crippen molar-refractivity contribution in [2.75, 3.05) is 26.8 Å². The Morgan fingerprint density at radius 3 is 1.59 bits per heavy atom. The van der Waals surface area contributed by atoms with E-state index in [4.69, 9.17) is 21.9 Å². The summed E-state index contributed by atoms with van der Waals surface area (Å²) in [7, 11) is 1.60. The zero-order chi connectivity index (χ0) is 67.9. The number of aliphatic hydroxyl groups is 2. The molecule has 19 N–H and O–H groups in total. The number of aliphatic imine (C=N–C) groups is 1. The summed E-state index contributed by atoms with van der Waals surface area (Å²) in [6.07, 6.45) is -0.557. The number of rotatable bonds is 34. The largest absolute Gasteiger partial charge is 0.458 e. The van der Waals surface area contributed by atoms with Crippen LogP contribution in [0.25, 0.3) is 0 Å². The Bertz CT molecular complexity index is 2590. The molecule has 2 rings (SSSR count). The van der Waals surface area contributed by atoms with E-state index in [-0.39, 0.29) is 44.6 Å². The predicted octanol–water partition coefficient (Wildman–Crippen LogP) is -3.10. The van der Waals surface area contributed by atoms with E-state index in [9.17, 15) is 67.7 Å². The molecule has 0 aromatic heterocycles. The van der Waals surface area contributed by atoms with Gasteiger partial charge in [-0.25, -0.2) is 4.79 Å². The summed E-state index contributed by atoms with van der Waals surface area (Å²) < 4.78 is 5.76. The zero-order valence-electron chi connectivity index (χ0n) is 53.9. The predicted molar refractivity (Wildman–Crippen MR) is 333 cm³/mol.